The Morgan fingerprint density at radius 2 is 1.85 bits per heavy atom. The topological polar surface area (TPSA) is 34.1 Å². The first-order valence-corrected chi connectivity index (χ1v) is 9.33. The van der Waals surface area contributed by atoms with E-state index in [0.29, 0.717) is 19.3 Å². The summed E-state index contributed by atoms with van der Waals surface area (Å²) < 4.78 is 11.3. The molecule has 1 aliphatic heterocycles. The van der Waals surface area contributed by atoms with E-state index in [1.54, 1.807) is 7.11 Å². The van der Waals surface area contributed by atoms with Crippen LogP contribution in [-0.2, 0) is 16.1 Å². The first-order valence-electron chi connectivity index (χ1n) is 9.33. The molecule has 26 heavy (non-hydrogen) atoms. The summed E-state index contributed by atoms with van der Waals surface area (Å²) in [7, 11) is 1.75. The van der Waals surface area contributed by atoms with Crippen molar-refractivity contribution in [3.8, 4) is 0 Å². The Bertz CT molecular complexity index is 660. The number of hydrazone groups is 1. The molecule has 0 radical (unpaired) electrons. The van der Waals surface area contributed by atoms with Crippen LogP contribution in [0.4, 0.5) is 0 Å². The lowest BCUT2D eigenvalue weighted by molar-refractivity contribution is 0.113. The summed E-state index contributed by atoms with van der Waals surface area (Å²) in [4.78, 5) is 0. The van der Waals surface area contributed by atoms with E-state index in [1.165, 1.54) is 17.5 Å². The van der Waals surface area contributed by atoms with Gasteiger partial charge in [0.25, 0.3) is 0 Å². The molecule has 1 saturated heterocycles. The van der Waals surface area contributed by atoms with Gasteiger partial charge in [0.05, 0.1) is 25.9 Å². The molecule has 0 aliphatic carbocycles. The highest BCUT2D eigenvalue weighted by molar-refractivity contribution is 5.67. The molecular weight excluding hydrogens is 324 g/mol. The van der Waals surface area contributed by atoms with Crippen molar-refractivity contribution < 1.29 is 9.47 Å². The van der Waals surface area contributed by atoms with Crippen LogP contribution in [0.1, 0.15) is 29.9 Å². The molecule has 0 bridgehead atoms. The minimum Gasteiger partial charge on any atom is -0.382 e. The van der Waals surface area contributed by atoms with Crippen molar-refractivity contribution in [2.45, 2.75) is 31.4 Å². The highest BCUT2D eigenvalue weighted by atomic mass is 16.5. The number of rotatable bonds is 9. The van der Waals surface area contributed by atoms with Gasteiger partial charge in [-0.1, -0.05) is 60.7 Å². The summed E-state index contributed by atoms with van der Waals surface area (Å²) in [6, 6.07) is 21.1. The van der Waals surface area contributed by atoms with Gasteiger partial charge in [0.2, 0.25) is 0 Å². The summed E-state index contributed by atoms with van der Waals surface area (Å²) in [5, 5.41) is 6.94. The SMILES string of the molecule is COC[C@H]1CCCN1/N=C/[C@@H](COCc1ccccc1)c1ccccc1. The van der Waals surface area contributed by atoms with Crippen LogP contribution in [0, 0.1) is 0 Å². The normalized spacial score (nSPS) is 18.5. The smallest absolute Gasteiger partial charge is 0.0717 e. The number of hydrogen-bond donors (Lipinski definition) is 0. The first-order chi connectivity index (χ1) is 12.9. The van der Waals surface area contributed by atoms with Gasteiger partial charge in [-0.2, -0.15) is 5.10 Å². The minimum atomic E-state index is 0.142. The average molecular weight is 352 g/mol. The Balaban J connectivity index is 1.63. The van der Waals surface area contributed by atoms with Gasteiger partial charge in [-0.3, -0.25) is 5.01 Å². The van der Waals surface area contributed by atoms with Gasteiger partial charge in [0.15, 0.2) is 0 Å². The molecule has 2 aromatic rings. The van der Waals surface area contributed by atoms with Crippen LogP contribution in [-0.4, -0.2) is 44.1 Å². The van der Waals surface area contributed by atoms with Crippen molar-refractivity contribution in [1.82, 2.24) is 5.01 Å². The van der Waals surface area contributed by atoms with Gasteiger partial charge in [-0.05, 0) is 24.0 Å². The van der Waals surface area contributed by atoms with Crippen LogP contribution in [0.2, 0.25) is 0 Å². The summed E-state index contributed by atoms with van der Waals surface area (Å²) >= 11 is 0. The molecule has 2 atom stereocenters. The van der Waals surface area contributed by atoms with Crippen molar-refractivity contribution in [3.63, 3.8) is 0 Å². The third kappa shape index (κ3) is 5.41. The Kier molecular flexibility index (Phi) is 7.23. The standard InChI is InChI=1S/C22H28N2O2/c1-25-18-22-13-8-14-24(22)23-15-21(20-11-6-3-7-12-20)17-26-16-19-9-4-2-5-10-19/h2-7,9-12,15,21-22H,8,13-14,16-18H2,1H3/b23-15+/t21-,22+/m0/s1. The molecule has 0 saturated carbocycles. The number of ether oxygens (including phenoxy) is 2. The van der Waals surface area contributed by atoms with E-state index in [-0.39, 0.29) is 5.92 Å². The van der Waals surface area contributed by atoms with Crippen LogP contribution >= 0.6 is 0 Å². The Hall–Kier alpha value is -2.17. The number of hydrogen-bond acceptors (Lipinski definition) is 4. The van der Waals surface area contributed by atoms with Gasteiger partial charge in [-0.15, -0.1) is 0 Å². The number of methoxy groups -OCH3 is 1. The molecule has 0 N–H and O–H groups in total. The van der Waals surface area contributed by atoms with Crippen LogP contribution in [0.3, 0.4) is 0 Å². The molecular formula is C22H28N2O2. The van der Waals surface area contributed by atoms with E-state index in [1.807, 2.05) is 30.5 Å². The van der Waals surface area contributed by atoms with Gasteiger partial charge >= 0.3 is 0 Å². The van der Waals surface area contributed by atoms with E-state index in [4.69, 9.17) is 14.6 Å². The Labute approximate surface area is 156 Å². The molecule has 0 unspecified atom stereocenters. The van der Waals surface area contributed by atoms with E-state index < -0.39 is 0 Å². The van der Waals surface area contributed by atoms with E-state index in [0.717, 1.165) is 19.6 Å². The van der Waals surface area contributed by atoms with Crippen molar-refractivity contribution in [1.29, 1.82) is 0 Å². The molecule has 0 spiro atoms. The lowest BCUT2D eigenvalue weighted by atomic mass is 10.0. The van der Waals surface area contributed by atoms with E-state index >= 15 is 0 Å². The predicted octanol–water partition coefficient (Wildman–Crippen LogP) is 4.08. The molecule has 4 heteroatoms. The molecule has 1 aliphatic rings. The van der Waals surface area contributed by atoms with Crippen molar-refractivity contribution in [2.75, 3.05) is 26.9 Å². The second-order valence-corrected chi connectivity index (χ2v) is 6.70. The van der Waals surface area contributed by atoms with Gasteiger partial charge in [-0.25, -0.2) is 0 Å². The monoisotopic (exact) mass is 352 g/mol. The number of benzene rings is 2. The van der Waals surface area contributed by atoms with Crippen LogP contribution in [0.25, 0.3) is 0 Å². The molecule has 0 amide bonds. The van der Waals surface area contributed by atoms with Gasteiger partial charge in [0.1, 0.15) is 0 Å². The zero-order valence-electron chi connectivity index (χ0n) is 15.5. The molecule has 4 nitrogen and oxygen atoms in total. The largest absolute Gasteiger partial charge is 0.382 e. The van der Waals surface area contributed by atoms with E-state index in [2.05, 4.69) is 41.4 Å². The summed E-state index contributed by atoms with van der Waals surface area (Å²) in [6.45, 7) is 2.97. The molecule has 3 rings (SSSR count). The zero-order valence-corrected chi connectivity index (χ0v) is 15.5. The quantitative estimate of drug-likeness (QED) is 0.638. The fraction of sp³-hybridized carbons (Fsp3) is 0.409. The lowest BCUT2D eigenvalue weighted by Gasteiger charge is -2.22. The highest BCUT2D eigenvalue weighted by Crippen LogP contribution is 2.20. The summed E-state index contributed by atoms with van der Waals surface area (Å²) in [6.07, 6.45) is 4.35. The van der Waals surface area contributed by atoms with Gasteiger partial charge in [0, 0.05) is 25.8 Å². The van der Waals surface area contributed by atoms with Gasteiger partial charge < -0.3 is 9.47 Å². The van der Waals surface area contributed by atoms with Crippen LogP contribution < -0.4 is 0 Å². The fourth-order valence-corrected chi connectivity index (χ4v) is 3.30. The van der Waals surface area contributed by atoms with Crippen LogP contribution in [0.15, 0.2) is 65.8 Å². The second-order valence-electron chi connectivity index (χ2n) is 6.70. The lowest BCUT2D eigenvalue weighted by Crippen LogP contribution is -2.29. The fourth-order valence-electron chi connectivity index (χ4n) is 3.30. The molecule has 1 fully saturated rings. The van der Waals surface area contributed by atoms with E-state index in [9.17, 15) is 0 Å². The highest BCUT2D eigenvalue weighted by Gasteiger charge is 2.23. The summed E-state index contributed by atoms with van der Waals surface area (Å²) in [5.41, 5.74) is 2.42. The average Bonchev–Trinajstić information content (AvgIpc) is 3.13. The molecule has 0 aromatic heterocycles. The van der Waals surface area contributed by atoms with Crippen molar-refractivity contribution in [3.05, 3.63) is 71.8 Å². The maximum absolute atomic E-state index is 5.99. The molecule has 2 aromatic carbocycles. The second kappa shape index (κ2) is 10.1. The predicted molar refractivity (Wildman–Crippen MR) is 105 cm³/mol. The van der Waals surface area contributed by atoms with Crippen molar-refractivity contribution >= 4 is 6.21 Å². The maximum Gasteiger partial charge on any atom is 0.0717 e. The first kappa shape index (κ1) is 18.6. The Morgan fingerprint density at radius 1 is 1.12 bits per heavy atom. The van der Waals surface area contributed by atoms with Crippen molar-refractivity contribution in [2.24, 2.45) is 5.10 Å². The number of nitrogens with zero attached hydrogens (tertiary/aromatic N) is 2. The molecule has 1 heterocycles. The Morgan fingerprint density at radius 3 is 2.58 bits per heavy atom. The van der Waals surface area contributed by atoms with Crippen LogP contribution in [0.5, 0.6) is 0 Å². The summed E-state index contributed by atoms with van der Waals surface area (Å²) in [5.74, 6) is 0.142. The molecule has 138 valence electrons. The third-order valence-corrected chi connectivity index (χ3v) is 4.74. The minimum absolute atomic E-state index is 0.142. The maximum atomic E-state index is 5.99. The third-order valence-electron chi connectivity index (χ3n) is 4.74. The zero-order chi connectivity index (χ0) is 18.0.